The van der Waals surface area contributed by atoms with Gasteiger partial charge in [-0.15, -0.1) is 10.2 Å². The Morgan fingerprint density at radius 2 is 1.93 bits per heavy atom. The van der Waals surface area contributed by atoms with Crippen molar-refractivity contribution in [2.24, 2.45) is 0 Å². The summed E-state index contributed by atoms with van der Waals surface area (Å²) >= 11 is 1.12. The minimum atomic E-state index is -1.02. The highest BCUT2D eigenvalue weighted by Gasteiger charge is 2.17. The van der Waals surface area contributed by atoms with Gasteiger partial charge in [-0.25, -0.2) is 13.8 Å². The van der Waals surface area contributed by atoms with Gasteiger partial charge in [0.1, 0.15) is 5.52 Å². The second-order valence-electron chi connectivity index (χ2n) is 6.71. The molecule has 0 fully saturated rings. The summed E-state index contributed by atoms with van der Waals surface area (Å²) in [5.74, 6) is -2.36. The zero-order valence-electron chi connectivity index (χ0n) is 15.7. The summed E-state index contributed by atoms with van der Waals surface area (Å²) in [5.41, 5.74) is 2.63. The molecule has 0 unspecified atom stereocenters. The fraction of sp³-hybridized carbons (Fsp3) is 0.200. The molecule has 2 aromatic carbocycles. The van der Waals surface area contributed by atoms with Gasteiger partial charge in [-0.2, -0.15) is 0 Å². The minimum absolute atomic E-state index is 0.00802. The molecule has 2 heterocycles. The number of nitrogens with zero attached hydrogens (tertiary/aromatic N) is 4. The maximum absolute atomic E-state index is 13.3. The lowest BCUT2D eigenvalue weighted by molar-refractivity contribution is -0.113. The van der Waals surface area contributed by atoms with Crippen molar-refractivity contribution in [2.75, 3.05) is 11.1 Å². The Labute approximate surface area is 169 Å². The van der Waals surface area contributed by atoms with E-state index in [0.29, 0.717) is 16.3 Å². The van der Waals surface area contributed by atoms with Crippen LogP contribution in [0, 0.1) is 11.6 Å². The number of amides is 1. The molecule has 4 aromatic rings. The fourth-order valence-electron chi connectivity index (χ4n) is 3.13. The molecule has 0 aliphatic carbocycles. The Kier molecular flexibility index (Phi) is 5.14. The van der Waals surface area contributed by atoms with Crippen LogP contribution >= 0.6 is 11.8 Å². The van der Waals surface area contributed by atoms with Crippen LogP contribution in [0.4, 0.5) is 14.5 Å². The monoisotopic (exact) mass is 413 g/mol. The number of rotatable bonds is 5. The summed E-state index contributed by atoms with van der Waals surface area (Å²) in [5, 5.41) is 12.3. The maximum atomic E-state index is 13.3. The van der Waals surface area contributed by atoms with Crippen LogP contribution < -0.4 is 5.32 Å². The second-order valence-corrected chi connectivity index (χ2v) is 7.66. The molecule has 0 saturated carbocycles. The minimum Gasteiger partial charge on any atom is -0.325 e. The van der Waals surface area contributed by atoms with E-state index in [0.717, 1.165) is 34.8 Å². The first kappa shape index (κ1) is 19.3. The number of hydrogen-bond acceptors (Lipinski definition) is 5. The number of para-hydroxylation sites is 1. The third kappa shape index (κ3) is 3.77. The third-order valence-electron chi connectivity index (χ3n) is 4.35. The van der Waals surface area contributed by atoms with Crippen LogP contribution in [0.3, 0.4) is 0 Å². The maximum Gasteiger partial charge on any atom is 0.234 e. The average molecular weight is 413 g/mol. The van der Waals surface area contributed by atoms with Gasteiger partial charge in [0.05, 0.1) is 11.3 Å². The smallest absolute Gasteiger partial charge is 0.234 e. The largest absolute Gasteiger partial charge is 0.325 e. The van der Waals surface area contributed by atoms with E-state index in [1.165, 1.54) is 6.07 Å². The number of carbonyl (C=O) groups excluding carboxylic acids is 1. The predicted molar refractivity (Wildman–Crippen MR) is 109 cm³/mol. The first-order valence-corrected chi connectivity index (χ1v) is 9.93. The number of anilines is 1. The lowest BCUT2D eigenvalue weighted by atomic mass is 10.2. The van der Waals surface area contributed by atoms with Gasteiger partial charge >= 0.3 is 0 Å². The van der Waals surface area contributed by atoms with Crippen LogP contribution in [0.5, 0.6) is 0 Å². The van der Waals surface area contributed by atoms with E-state index in [9.17, 15) is 13.6 Å². The van der Waals surface area contributed by atoms with E-state index in [-0.39, 0.29) is 23.4 Å². The predicted octanol–water partition coefficient (Wildman–Crippen LogP) is 4.57. The highest BCUT2D eigenvalue weighted by Crippen LogP contribution is 2.29. The third-order valence-corrected chi connectivity index (χ3v) is 5.19. The molecule has 0 bridgehead atoms. The summed E-state index contributed by atoms with van der Waals surface area (Å²) in [4.78, 5) is 16.7. The van der Waals surface area contributed by atoms with Gasteiger partial charge in [-0.3, -0.25) is 4.79 Å². The van der Waals surface area contributed by atoms with E-state index >= 15 is 0 Å². The van der Waals surface area contributed by atoms with Crippen LogP contribution in [-0.4, -0.2) is 31.4 Å². The van der Waals surface area contributed by atoms with Crippen LogP contribution in [0.25, 0.3) is 22.1 Å². The quantitative estimate of drug-likeness (QED) is 0.485. The van der Waals surface area contributed by atoms with E-state index in [2.05, 4.69) is 38.9 Å². The van der Waals surface area contributed by atoms with Gasteiger partial charge < -0.3 is 9.88 Å². The lowest BCUT2D eigenvalue weighted by Crippen LogP contribution is -2.14. The Hall–Kier alpha value is -3.07. The van der Waals surface area contributed by atoms with Crippen LogP contribution in [-0.2, 0) is 4.79 Å². The zero-order valence-corrected chi connectivity index (χ0v) is 16.5. The molecule has 0 atom stereocenters. The number of thioether (sulfide) groups is 1. The summed E-state index contributed by atoms with van der Waals surface area (Å²) in [7, 11) is 0. The van der Waals surface area contributed by atoms with Gasteiger partial charge in [0.15, 0.2) is 17.3 Å². The molecular formula is C20H17F2N5OS. The molecule has 9 heteroatoms. The SMILES string of the molecule is CC(C)n1c2ccccc2c2nnc(SCC(=O)Nc3ccc(F)c(F)c3)nc21. The standard InChI is InChI=1S/C20H17F2N5OS/c1-11(2)27-16-6-4-3-5-13(16)18-19(27)24-20(26-25-18)29-10-17(28)23-12-7-8-14(21)15(22)9-12/h3-9,11H,10H2,1-2H3,(H,23,28). The van der Waals surface area contributed by atoms with E-state index in [4.69, 9.17) is 0 Å². The Bertz CT molecular complexity index is 1220. The number of hydrogen-bond donors (Lipinski definition) is 1. The van der Waals surface area contributed by atoms with Crippen LogP contribution in [0.15, 0.2) is 47.6 Å². The molecule has 0 radical (unpaired) electrons. The topological polar surface area (TPSA) is 72.7 Å². The number of halogens is 2. The Balaban J connectivity index is 1.55. The number of carbonyl (C=O) groups is 1. The lowest BCUT2D eigenvalue weighted by Gasteiger charge is -2.10. The van der Waals surface area contributed by atoms with Crippen molar-refractivity contribution in [2.45, 2.75) is 25.0 Å². The molecule has 1 N–H and O–H groups in total. The van der Waals surface area contributed by atoms with Gasteiger partial charge in [0, 0.05) is 23.2 Å². The van der Waals surface area contributed by atoms with Crippen molar-refractivity contribution in [3.05, 3.63) is 54.1 Å². The highest BCUT2D eigenvalue weighted by molar-refractivity contribution is 7.99. The molecule has 29 heavy (non-hydrogen) atoms. The molecular weight excluding hydrogens is 396 g/mol. The van der Waals surface area contributed by atoms with Crippen molar-refractivity contribution in [3.8, 4) is 0 Å². The molecule has 1 amide bonds. The normalized spacial score (nSPS) is 11.5. The van der Waals surface area contributed by atoms with Crippen molar-refractivity contribution in [1.29, 1.82) is 0 Å². The van der Waals surface area contributed by atoms with Crippen molar-refractivity contribution < 1.29 is 13.6 Å². The van der Waals surface area contributed by atoms with Gasteiger partial charge in [-0.1, -0.05) is 30.0 Å². The summed E-state index contributed by atoms with van der Waals surface area (Å²) in [6.07, 6.45) is 0. The average Bonchev–Trinajstić information content (AvgIpc) is 3.03. The van der Waals surface area contributed by atoms with Gasteiger partial charge in [0.2, 0.25) is 11.1 Å². The molecule has 0 saturated heterocycles. The fourth-order valence-corrected chi connectivity index (χ4v) is 3.71. The summed E-state index contributed by atoms with van der Waals surface area (Å²) in [6, 6.07) is 11.3. The van der Waals surface area contributed by atoms with Gasteiger partial charge in [0.25, 0.3) is 0 Å². The summed E-state index contributed by atoms with van der Waals surface area (Å²) in [6.45, 7) is 4.13. The van der Waals surface area contributed by atoms with Crippen molar-refractivity contribution in [3.63, 3.8) is 0 Å². The second kappa shape index (κ2) is 7.75. The van der Waals surface area contributed by atoms with Crippen LogP contribution in [0.2, 0.25) is 0 Å². The molecule has 148 valence electrons. The van der Waals surface area contributed by atoms with E-state index < -0.39 is 11.6 Å². The van der Waals surface area contributed by atoms with E-state index in [1.54, 1.807) is 0 Å². The van der Waals surface area contributed by atoms with Crippen molar-refractivity contribution in [1.82, 2.24) is 19.7 Å². The van der Waals surface area contributed by atoms with Crippen molar-refractivity contribution >= 4 is 45.4 Å². The summed E-state index contributed by atoms with van der Waals surface area (Å²) < 4.78 is 28.3. The Morgan fingerprint density at radius 3 is 2.69 bits per heavy atom. The molecule has 4 rings (SSSR count). The molecule has 0 spiro atoms. The molecule has 6 nitrogen and oxygen atoms in total. The number of benzene rings is 2. The number of fused-ring (bicyclic) bond motifs is 3. The molecule has 2 aromatic heterocycles. The van der Waals surface area contributed by atoms with E-state index in [1.807, 2.05) is 24.3 Å². The van der Waals surface area contributed by atoms with Gasteiger partial charge in [-0.05, 0) is 32.0 Å². The Morgan fingerprint density at radius 1 is 1.14 bits per heavy atom. The molecule has 0 aliphatic heterocycles. The number of nitrogens with one attached hydrogen (secondary N) is 1. The van der Waals surface area contributed by atoms with Crippen LogP contribution in [0.1, 0.15) is 19.9 Å². The highest BCUT2D eigenvalue weighted by atomic mass is 32.2. The first-order chi connectivity index (χ1) is 13.9. The number of aromatic nitrogens is 4. The molecule has 0 aliphatic rings. The first-order valence-electron chi connectivity index (χ1n) is 8.95. The zero-order chi connectivity index (χ0) is 20.5.